The van der Waals surface area contributed by atoms with E-state index in [4.69, 9.17) is 23.7 Å². The van der Waals surface area contributed by atoms with Gasteiger partial charge in [-0.1, -0.05) is 0 Å². The minimum Gasteiger partial charge on any atom is -0.394 e. The van der Waals surface area contributed by atoms with Crippen LogP contribution in [0.3, 0.4) is 0 Å². The number of rotatable bonds is 7. The summed E-state index contributed by atoms with van der Waals surface area (Å²) < 4.78 is 27.0. The summed E-state index contributed by atoms with van der Waals surface area (Å²) in [5.74, 6) is -0.484. The maximum Gasteiger partial charge on any atom is 0.217 e. The van der Waals surface area contributed by atoms with E-state index in [0.717, 1.165) is 0 Å². The molecule has 2 fully saturated rings. The molecule has 6 N–H and O–H groups in total. The van der Waals surface area contributed by atoms with Gasteiger partial charge in [-0.25, -0.2) is 0 Å². The molecule has 0 spiro atoms. The highest BCUT2D eigenvalue weighted by Gasteiger charge is 2.51. The maximum absolute atomic E-state index is 11.6. The Morgan fingerprint density at radius 3 is 2.00 bits per heavy atom. The molecular weight excluding hydrogens is 382 g/mol. The van der Waals surface area contributed by atoms with Gasteiger partial charge < -0.3 is 54.5 Å². The molecule has 0 radical (unpaired) electrons. The van der Waals surface area contributed by atoms with Crippen LogP contribution in [0.4, 0.5) is 0 Å². The Morgan fingerprint density at radius 2 is 1.50 bits per heavy atom. The lowest BCUT2D eigenvalue weighted by atomic mass is 9.95. The number of hydrogen-bond donors (Lipinski definition) is 6. The number of aliphatic hydroxyl groups is 5. The molecule has 12 nitrogen and oxygen atoms in total. The molecule has 0 saturated carbocycles. The van der Waals surface area contributed by atoms with Gasteiger partial charge in [-0.05, 0) is 0 Å². The third-order valence-electron chi connectivity index (χ3n) is 4.84. The Bertz CT molecular complexity index is 507. The largest absolute Gasteiger partial charge is 0.394 e. The average Bonchev–Trinajstić information content (AvgIpc) is 2.67. The molecule has 28 heavy (non-hydrogen) atoms. The standard InChI is InChI=1S/C16H29NO11/c1-6(20)17-9-11(22)13(24-2)8(5-19)27-15(9)28-14-12(23)10(21)7(4-18)26-16(14)25-3/h7-16,18-19,21-23H,4-5H2,1-3H3,(H,17,20)/t7-,8-,9+,10-,11-,12+,13-,14+,15+,16+/m1/s1. The summed E-state index contributed by atoms with van der Waals surface area (Å²) in [7, 11) is 2.59. The third-order valence-corrected chi connectivity index (χ3v) is 4.84. The second kappa shape index (κ2) is 10.2. The zero-order valence-electron chi connectivity index (χ0n) is 15.9. The topological polar surface area (TPSA) is 176 Å². The van der Waals surface area contributed by atoms with Gasteiger partial charge in [0.05, 0.1) is 13.2 Å². The van der Waals surface area contributed by atoms with Crippen LogP contribution in [0.1, 0.15) is 6.92 Å². The zero-order chi connectivity index (χ0) is 21.0. The van der Waals surface area contributed by atoms with Gasteiger partial charge in [0.1, 0.15) is 48.8 Å². The molecule has 0 bridgehead atoms. The van der Waals surface area contributed by atoms with Crippen molar-refractivity contribution < 1.29 is 54.0 Å². The lowest BCUT2D eigenvalue weighted by molar-refractivity contribution is -0.352. The first-order chi connectivity index (χ1) is 13.3. The second-order valence-electron chi connectivity index (χ2n) is 6.69. The van der Waals surface area contributed by atoms with Crippen molar-refractivity contribution in [2.75, 3.05) is 27.4 Å². The molecule has 2 saturated heterocycles. The smallest absolute Gasteiger partial charge is 0.217 e. The first-order valence-corrected chi connectivity index (χ1v) is 8.84. The molecule has 2 aliphatic rings. The zero-order valence-corrected chi connectivity index (χ0v) is 15.9. The van der Waals surface area contributed by atoms with Crippen molar-refractivity contribution in [3.05, 3.63) is 0 Å². The van der Waals surface area contributed by atoms with Crippen molar-refractivity contribution >= 4 is 5.91 Å². The summed E-state index contributed by atoms with van der Waals surface area (Å²) in [6.45, 7) is 0.171. The van der Waals surface area contributed by atoms with Crippen LogP contribution >= 0.6 is 0 Å². The fourth-order valence-electron chi connectivity index (χ4n) is 3.41. The Labute approximate surface area is 161 Å². The van der Waals surface area contributed by atoms with Crippen molar-refractivity contribution in [3.8, 4) is 0 Å². The quantitative estimate of drug-likeness (QED) is 0.241. The van der Waals surface area contributed by atoms with Gasteiger partial charge >= 0.3 is 0 Å². The summed E-state index contributed by atoms with van der Waals surface area (Å²) >= 11 is 0. The van der Waals surface area contributed by atoms with E-state index in [2.05, 4.69) is 5.32 Å². The van der Waals surface area contributed by atoms with Crippen LogP contribution in [0.2, 0.25) is 0 Å². The number of ether oxygens (including phenoxy) is 5. The SMILES string of the molecule is CO[C@H]1O[C@H](CO)[C@@H](O)[C@H](O)[C@@H]1O[C@@H]1O[C@H](CO)[C@@H](OC)[C@H](O)[C@@H]1NC(C)=O. The number of carbonyl (C=O) groups is 1. The molecule has 164 valence electrons. The lowest BCUT2D eigenvalue weighted by Crippen LogP contribution is -2.67. The van der Waals surface area contributed by atoms with Crippen molar-refractivity contribution in [2.45, 2.75) is 68.3 Å². The van der Waals surface area contributed by atoms with Crippen molar-refractivity contribution in [1.82, 2.24) is 5.32 Å². The molecule has 10 atom stereocenters. The Morgan fingerprint density at radius 1 is 0.893 bits per heavy atom. The highest BCUT2D eigenvalue weighted by Crippen LogP contribution is 2.30. The lowest BCUT2D eigenvalue weighted by Gasteiger charge is -2.47. The summed E-state index contributed by atoms with van der Waals surface area (Å²) in [5, 5.41) is 52.4. The predicted octanol–water partition coefficient (Wildman–Crippen LogP) is -3.95. The van der Waals surface area contributed by atoms with E-state index >= 15 is 0 Å². The molecule has 2 heterocycles. The van der Waals surface area contributed by atoms with Crippen LogP contribution in [-0.2, 0) is 28.5 Å². The van der Waals surface area contributed by atoms with Crippen LogP contribution < -0.4 is 5.32 Å². The molecule has 0 aliphatic carbocycles. The van der Waals surface area contributed by atoms with Gasteiger partial charge in [0.2, 0.25) is 5.91 Å². The van der Waals surface area contributed by atoms with Gasteiger partial charge in [-0.15, -0.1) is 0 Å². The predicted molar refractivity (Wildman–Crippen MR) is 89.8 cm³/mol. The first-order valence-electron chi connectivity index (χ1n) is 8.84. The number of aliphatic hydroxyl groups excluding tert-OH is 5. The van der Waals surface area contributed by atoms with Crippen LogP contribution in [-0.4, -0.2) is 120 Å². The second-order valence-corrected chi connectivity index (χ2v) is 6.69. The molecule has 0 aromatic rings. The van der Waals surface area contributed by atoms with Gasteiger partial charge in [0, 0.05) is 21.1 Å². The number of amides is 1. The summed E-state index contributed by atoms with van der Waals surface area (Å²) in [6, 6.07) is -1.11. The van der Waals surface area contributed by atoms with Crippen LogP contribution in [0.25, 0.3) is 0 Å². The summed E-state index contributed by atoms with van der Waals surface area (Å²) in [4.78, 5) is 11.6. The molecular formula is C16H29NO11. The Balaban J connectivity index is 2.25. The monoisotopic (exact) mass is 411 g/mol. The van der Waals surface area contributed by atoms with Crippen molar-refractivity contribution in [3.63, 3.8) is 0 Å². The van der Waals surface area contributed by atoms with E-state index in [0.29, 0.717) is 0 Å². The molecule has 0 aromatic heterocycles. The minimum absolute atomic E-state index is 0.484. The number of nitrogens with one attached hydrogen (secondary N) is 1. The normalized spacial score (nSPS) is 44.3. The van der Waals surface area contributed by atoms with Crippen LogP contribution in [0.5, 0.6) is 0 Å². The highest BCUT2D eigenvalue weighted by atomic mass is 16.7. The molecule has 12 heteroatoms. The highest BCUT2D eigenvalue weighted by molar-refractivity contribution is 5.73. The van der Waals surface area contributed by atoms with Crippen molar-refractivity contribution in [2.24, 2.45) is 0 Å². The van der Waals surface area contributed by atoms with Gasteiger partial charge in [-0.2, -0.15) is 0 Å². The molecule has 0 unspecified atom stereocenters. The summed E-state index contributed by atoms with van der Waals surface area (Å²) in [5.41, 5.74) is 0. The van der Waals surface area contributed by atoms with E-state index in [1.54, 1.807) is 0 Å². The van der Waals surface area contributed by atoms with Crippen molar-refractivity contribution in [1.29, 1.82) is 0 Å². The molecule has 2 aliphatic heterocycles. The van der Waals surface area contributed by atoms with E-state index in [-0.39, 0.29) is 0 Å². The summed E-state index contributed by atoms with van der Waals surface area (Å²) in [6.07, 6.45) is -11.1. The van der Waals surface area contributed by atoms with Gasteiger partial charge in [0.15, 0.2) is 12.6 Å². The van der Waals surface area contributed by atoms with E-state index in [9.17, 15) is 30.3 Å². The van der Waals surface area contributed by atoms with E-state index < -0.39 is 80.5 Å². The fraction of sp³-hybridized carbons (Fsp3) is 0.938. The number of methoxy groups -OCH3 is 2. The molecule has 0 aromatic carbocycles. The minimum atomic E-state index is -1.53. The van der Waals surface area contributed by atoms with Gasteiger partial charge in [0.25, 0.3) is 0 Å². The maximum atomic E-state index is 11.6. The number of hydrogen-bond acceptors (Lipinski definition) is 11. The third kappa shape index (κ3) is 4.79. The van der Waals surface area contributed by atoms with Gasteiger partial charge in [-0.3, -0.25) is 4.79 Å². The number of carbonyl (C=O) groups excluding carboxylic acids is 1. The first kappa shape index (κ1) is 23.3. The van der Waals surface area contributed by atoms with E-state index in [1.165, 1.54) is 21.1 Å². The Kier molecular flexibility index (Phi) is 8.51. The van der Waals surface area contributed by atoms with Crippen LogP contribution in [0.15, 0.2) is 0 Å². The average molecular weight is 411 g/mol. The fourth-order valence-corrected chi connectivity index (χ4v) is 3.41. The van der Waals surface area contributed by atoms with E-state index in [1.807, 2.05) is 0 Å². The molecule has 1 amide bonds. The van der Waals surface area contributed by atoms with Crippen LogP contribution in [0, 0.1) is 0 Å². The Hall–Kier alpha value is -0.930. The molecule has 2 rings (SSSR count).